The maximum Gasteiger partial charge on any atom is 0.262 e. The summed E-state index contributed by atoms with van der Waals surface area (Å²) in [7, 11) is 0. The van der Waals surface area contributed by atoms with Crippen LogP contribution in [0.4, 0.5) is 5.69 Å². The fourth-order valence-electron chi connectivity index (χ4n) is 5.01. The lowest BCUT2D eigenvalue weighted by Gasteiger charge is -2.14. The molecule has 3 amide bonds. The summed E-state index contributed by atoms with van der Waals surface area (Å²) < 4.78 is 12.0. The Hall–Kier alpha value is -3.46. The summed E-state index contributed by atoms with van der Waals surface area (Å²) in [5, 5.41) is 8.01. The molecule has 2 aliphatic carbocycles. The fourth-order valence-corrected chi connectivity index (χ4v) is 5.44. The van der Waals surface area contributed by atoms with Crippen LogP contribution < -0.4 is 14.8 Å². The van der Waals surface area contributed by atoms with Crippen molar-refractivity contribution in [1.82, 2.24) is 5.01 Å². The van der Waals surface area contributed by atoms with Gasteiger partial charge in [0, 0.05) is 15.7 Å². The Bertz CT molecular complexity index is 1200. The van der Waals surface area contributed by atoms with Crippen LogP contribution in [-0.2, 0) is 14.4 Å². The molecule has 3 aliphatic rings. The molecule has 1 N–H and O–H groups in total. The molecule has 8 nitrogen and oxygen atoms in total. The van der Waals surface area contributed by atoms with Crippen LogP contribution in [0.15, 0.2) is 64.2 Å². The zero-order valence-electron chi connectivity index (χ0n) is 19.0. The number of hydrogen-bond acceptors (Lipinski definition) is 6. The van der Waals surface area contributed by atoms with E-state index in [1.807, 2.05) is 37.3 Å². The Balaban J connectivity index is 1.29. The van der Waals surface area contributed by atoms with Gasteiger partial charge in [-0.3, -0.25) is 14.4 Å². The predicted octanol–water partition coefficient (Wildman–Crippen LogP) is 4.01. The third kappa shape index (κ3) is 4.48. The minimum Gasteiger partial charge on any atom is -0.490 e. The van der Waals surface area contributed by atoms with Gasteiger partial charge in [-0.15, -0.1) is 0 Å². The Morgan fingerprint density at radius 1 is 1.09 bits per heavy atom. The summed E-state index contributed by atoms with van der Waals surface area (Å²) in [6, 6.07) is 12.5. The molecule has 0 radical (unpaired) electrons. The maximum atomic E-state index is 12.9. The number of para-hydroxylation sites is 1. The highest BCUT2D eigenvalue weighted by atomic mass is 79.9. The second kappa shape index (κ2) is 9.65. The fraction of sp³-hybridized carbons (Fsp3) is 0.308. The molecule has 9 heteroatoms. The van der Waals surface area contributed by atoms with Gasteiger partial charge in [-0.1, -0.05) is 30.4 Å². The van der Waals surface area contributed by atoms with Crippen molar-refractivity contribution in [2.45, 2.75) is 13.3 Å². The van der Waals surface area contributed by atoms with Crippen molar-refractivity contribution in [3.8, 4) is 11.5 Å². The van der Waals surface area contributed by atoms with Crippen LogP contribution in [0.25, 0.3) is 0 Å². The third-order valence-corrected chi connectivity index (χ3v) is 7.23. The molecule has 0 spiro atoms. The van der Waals surface area contributed by atoms with Gasteiger partial charge in [0.25, 0.3) is 17.7 Å². The number of rotatable bonds is 8. The first-order valence-corrected chi connectivity index (χ1v) is 12.3. The standard InChI is InChI=1S/C26H24BrN3O5/c1-2-34-20-11-17(13-28-30-25(32)23-15-8-9-16(10-15)24(23)26(30)33)19(27)12-21(20)35-14-22(31)29-18-6-4-3-5-7-18/h3-9,11-13,15-16,23-24H,2,10,14H2,1H3,(H,29,31)/t15-,16-,23-,24+/m0/s1. The molecule has 1 saturated heterocycles. The quantitative estimate of drug-likeness (QED) is 0.311. The smallest absolute Gasteiger partial charge is 0.262 e. The number of hydrogen-bond donors (Lipinski definition) is 1. The van der Waals surface area contributed by atoms with Crippen molar-refractivity contribution in [2.24, 2.45) is 28.8 Å². The number of halogens is 1. The normalized spacial score (nSPS) is 24.3. The molecular formula is C26H24BrN3O5. The van der Waals surface area contributed by atoms with Gasteiger partial charge >= 0.3 is 0 Å². The summed E-state index contributed by atoms with van der Waals surface area (Å²) in [5.41, 5.74) is 1.28. The van der Waals surface area contributed by atoms with Gasteiger partial charge in [-0.05, 0) is 65.4 Å². The predicted molar refractivity (Wildman–Crippen MR) is 133 cm³/mol. The van der Waals surface area contributed by atoms with Gasteiger partial charge in [0.1, 0.15) is 0 Å². The molecule has 180 valence electrons. The van der Waals surface area contributed by atoms with Gasteiger partial charge in [0.2, 0.25) is 0 Å². The van der Waals surface area contributed by atoms with E-state index < -0.39 is 0 Å². The second-order valence-electron chi connectivity index (χ2n) is 8.69. The highest BCUT2D eigenvalue weighted by Crippen LogP contribution is 2.52. The van der Waals surface area contributed by atoms with Crippen molar-refractivity contribution in [3.63, 3.8) is 0 Å². The van der Waals surface area contributed by atoms with E-state index in [9.17, 15) is 14.4 Å². The third-order valence-electron chi connectivity index (χ3n) is 6.54. The van der Waals surface area contributed by atoms with Gasteiger partial charge < -0.3 is 14.8 Å². The van der Waals surface area contributed by atoms with Crippen molar-refractivity contribution < 1.29 is 23.9 Å². The molecular weight excluding hydrogens is 514 g/mol. The van der Waals surface area contributed by atoms with Crippen LogP contribution in [0.1, 0.15) is 18.9 Å². The first kappa shape index (κ1) is 23.3. The van der Waals surface area contributed by atoms with E-state index in [2.05, 4.69) is 26.3 Å². The molecule has 2 bridgehead atoms. The minimum absolute atomic E-state index is 0.133. The summed E-state index contributed by atoms with van der Waals surface area (Å²) >= 11 is 3.49. The lowest BCUT2D eigenvalue weighted by Crippen LogP contribution is -2.28. The number of fused-ring (bicyclic) bond motifs is 5. The Morgan fingerprint density at radius 2 is 1.74 bits per heavy atom. The molecule has 2 aromatic rings. The number of benzene rings is 2. The monoisotopic (exact) mass is 537 g/mol. The molecule has 5 rings (SSSR count). The largest absolute Gasteiger partial charge is 0.490 e. The highest BCUT2D eigenvalue weighted by molar-refractivity contribution is 9.10. The summed E-state index contributed by atoms with van der Waals surface area (Å²) in [4.78, 5) is 38.0. The van der Waals surface area contributed by atoms with E-state index >= 15 is 0 Å². The molecule has 35 heavy (non-hydrogen) atoms. The second-order valence-corrected chi connectivity index (χ2v) is 9.54. The first-order chi connectivity index (χ1) is 17.0. The van der Waals surface area contributed by atoms with Crippen LogP contribution >= 0.6 is 15.9 Å². The number of hydrazone groups is 1. The van der Waals surface area contributed by atoms with E-state index in [1.165, 1.54) is 6.21 Å². The zero-order chi connectivity index (χ0) is 24.5. The molecule has 1 saturated carbocycles. The van der Waals surface area contributed by atoms with Gasteiger partial charge in [0.15, 0.2) is 18.1 Å². The van der Waals surface area contributed by atoms with E-state index in [0.29, 0.717) is 33.8 Å². The average Bonchev–Trinajstić information content (AvgIpc) is 3.53. The number of amides is 3. The van der Waals surface area contributed by atoms with E-state index in [4.69, 9.17) is 9.47 Å². The molecule has 4 atom stereocenters. The molecule has 1 aliphatic heterocycles. The molecule has 1 heterocycles. The minimum atomic E-state index is -0.305. The van der Waals surface area contributed by atoms with E-state index in [0.717, 1.165) is 11.4 Å². The van der Waals surface area contributed by atoms with Crippen molar-refractivity contribution in [2.75, 3.05) is 18.5 Å². The Kier molecular flexibility index (Phi) is 6.42. The van der Waals surface area contributed by atoms with Crippen molar-refractivity contribution in [3.05, 3.63) is 64.7 Å². The number of allylic oxidation sites excluding steroid dienone is 2. The summed E-state index contributed by atoms with van der Waals surface area (Å²) in [5.74, 6) is -0.308. The van der Waals surface area contributed by atoms with Crippen LogP contribution in [-0.4, -0.2) is 42.2 Å². The summed E-state index contributed by atoms with van der Waals surface area (Å²) in [6.07, 6.45) is 6.44. The lowest BCUT2D eigenvalue weighted by molar-refractivity contribution is -0.140. The average molecular weight is 538 g/mol. The lowest BCUT2D eigenvalue weighted by atomic mass is 9.85. The Morgan fingerprint density at radius 3 is 2.40 bits per heavy atom. The summed E-state index contributed by atoms with van der Waals surface area (Å²) in [6.45, 7) is 2.02. The number of nitrogens with zero attached hydrogens (tertiary/aromatic N) is 2. The number of imide groups is 1. The van der Waals surface area contributed by atoms with Gasteiger partial charge in [0.05, 0.1) is 24.7 Å². The zero-order valence-corrected chi connectivity index (χ0v) is 20.6. The molecule has 0 unspecified atom stereocenters. The van der Waals surface area contributed by atoms with Crippen molar-refractivity contribution >= 4 is 45.6 Å². The van der Waals surface area contributed by atoms with Crippen molar-refractivity contribution in [1.29, 1.82) is 0 Å². The first-order valence-electron chi connectivity index (χ1n) is 11.5. The van der Waals surface area contributed by atoms with E-state index in [-0.39, 0.29) is 48.0 Å². The SMILES string of the molecule is CCOc1cc(C=NN2C(=O)[C@@H]3[C@H](C2=O)[C@H]2C=C[C@H]3C2)c(Br)cc1OCC(=O)Nc1ccccc1. The highest BCUT2D eigenvalue weighted by Gasteiger charge is 2.59. The number of carbonyl (C=O) groups is 3. The van der Waals surface area contributed by atoms with E-state index in [1.54, 1.807) is 24.3 Å². The van der Waals surface area contributed by atoms with Crippen LogP contribution in [0, 0.1) is 23.7 Å². The van der Waals surface area contributed by atoms with Crippen LogP contribution in [0.2, 0.25) is 0 Å². The molecule has 0 aromatic heterocycles. The van der Waals surface area contributed by atoms with Gasteiger partial charge in [-0.2, -0.15) is 10.1 Å². The number of nitrogens with one attached hydrogen (secondary N) is 1. The number of ether oxygens (including phenoxy) is 2. The topological polar surface area (TPSA) is 97.3 Å². The molecule has 2 fully saturated rings. The van der Waals surface area contributed by atoms with Gasteiger partial charge in [-0.25, -0.2) is 0 Å². The maximum absolute atomic E-state index is 12.9. The molecule has 2 aromatic carbocycles. The number of anilines is 1. The van der Waals surface area contributed by atoms with Crippen LogP contribution in [0.3, 0.4) is 0 Å². The Labute approximate surface area is 211 Å². The number of carbonyl (C=O) groups excluding carboxylic acids is 3. The van der Waals surface area contributed by atoms with Crippen LogP contribution in [0.5, 0.6) is 11.5 Å².